The summed E-state index contributed by atoms with van der Waals surface area (Å²) >= 11 is 0. The van der Waals surface area contributed by atoms with Crippen LogP contribution in [0.15, 0.2) is 48.5 Å². The van der Waals surface area contributed by atoms with Crippen molar-refractivity contribution in [2.75, 3.05) is 16.0 Å². The van der Waals surface area contributed by atoms with Crippen molar-refractivity contribution in [3.63, 3.8) is 0 Å². The van der Waals surface area contributed by atoms with Gasteiger partial charge in [0.25, 0.3) is 0 Å². The van der Waals surface area contributed by atoms with Crippen LogP contribution in [0.3, 0.4) is 0 Å². The third kappa shape index (κ3) is 4.79. The largest absolute Gasteiger partial charge is 0.374 e. The number of carbonyl (C=O) groups is 2. The first-order valence-corrected chi connectivity index (χ1v) is 8.25. The third-order valence-corrected chi connectivity index (χ3v) is 3.99. The fourth-order valence-corrected chi connectivity index (χ4v) is 2.34. The van der Waals surface area contributed by atoms with Crippen LogP contribution in [-0.2, 0) is 9.59 Å². The summed E-state index contributed by atoms with van der Waals surface area (Å²) in [5.41, 5.74) is 2.05. The number of rotatable bonds is 6. The highest BCUT2D eigenvalue weighted by atomic mass is 19.1. The maximum absolute atomic E-state index is 12.9. The zero-order chi connectivity index (χ0) is 17.8. The Bertz CT molecular complexity index is 755. The number of carbonyl (C=O) groups excluding carboxylic acids is 2. The number of nitrogens with one attached hydrogen (secondary N) is 3. The number of benzene rings is 2. The first kappa shape index (κ1) is 17.0. The van der Waals surface area contributed by atoms with Crippen LogP contribution in [0.4, 0.5) is 21.5 Å². The van der Waals surface area contributed by atoms with Crippen LogP contribution in [0, 0.1) is 11.7 Å². The van der Waals surface area contributed by atoms with E-state index in [0.29, 0.717) is 5.69 Å². The monoisotopic (exact) mass is 341 g/mol. The Hall–Kier alpha value is -2.89. The van der Waals surface area contributed by atoms with Crippen LogP contribution < -0.4 is 16.0 Å². The second-order valence-electron chi connectivity index (χ2n) is 6.20. The van der Waals surface area contributed by atoms with Crippen molar-refractivity contribution in [2.24, 2.45) is 5.92 Å². The predicted molar refractivity (Wildman–Crippen MR) is 95.9 cm³/mol. The van der Waals surface area contributed by atoms with Crippen molar-refractivity contribution >= 4 is 28.9 Å². The number of hydrogen-bond donors (Lipinski definition) is 3. The summed E-state index contributed by atoms with van der Waals surface area (Å²) in [6.07, 6.45) is 1.93. The lowest BCUT2D eigenvalue weighted by atomic mass is 10.2. The molecule has 1 fully saturated rings. The van der Waals surface area contributed by atoms with Crippen LogP contribution >= 0.6 is 0 Å². The first-order valence-electron chi connectivity index (χ1n) is 8.25. The molecule has 3 rings (SSSR count). The Labute approximate surface area is 145 Å². The molecule has 25 heavy (non-hydrogen) atoms. The third-order valence-electron chi connectivity index (χ3n) is 3.99. The summed E-state index contributed by atoms with van der Waals surface area (Å²) < 4.78 is 12.9. The summed E-state index contributed by atoms with van der Waals surface area (Å²) in [4.78, 5) is 23.9. The molecule has 2 amide bonds. The molecular weight excluding hydrogens is 321 g/mol. The Morgan fingerprint density at radius 2 is 1.44 bits per heavy atom. The standard InChI is InChI=1S/C19H20FN3O2/c1-12(18(24)22-16-6-4-14(20)5-7-16)21-15-8-10-17(11-9-15)23-19(25)13-2-3-13/h4-13,21H,2-3H2,1H3,(H,22,24)(H,23,25)/t12-/m1/s1. The molecule has 1 aliphatic rings. The second-order valence-corrected chi connectivity index (χ2v) is 6.20. The Kier molecular flexibility index (Phi) is 4.97. The van der Waals surface area contributed by atoms with Gasteiger partial charge in [-0.1, -0.05) is 0 Å². The van der Waals surface area contributed by atoms with Crippen molar-refractivity contribution in [3.8, 4) is 0 Å². The van der Waals surface area contributed by atoms with Crippen LogP contribution in [0.1, 0.15) is 19.8 Å². The number of hydrogen-bond acceptors (Lipinski definition) is 3. The topological polar surface area (TPSA) is 70.2 Å². The minimum absolute atomic E-state index is 0.0627. The molecule has 1 saturated carbocycles. The Balaban J connectivity index is 1.52. The lowest BCUT2D eigenvalue weighted by Crippen LogP contribution is -2.31. The molecule has 2 aromatic rings. The molecule has 130 valence electrons. The van der Waals surface area contributed by atoms with E-state index < -0.39 is 6.04 Å². The molecule has 0 radical (unpaired) electrons. The van der Waals surface area contributed by atoms with Crippen LogP contribution in [-0.4, -0.2) is 17.9 Å². The van der Waals surface area contributed by atoms with Crippen molar-refractivity contribution in [1.29, 1.82) is 0 Å². The van der Waals surface area contributed by atoms with Gasteiger partial charge in [-0.2, -0.15) is 0 Å². The fourth-order valence-electron chi connectivity index (χ4n) is 2.34. The van der Waals surface area contributed by atoms with Crippen LogP contribution in [0.2, 0.25) is 0 Å². The minimum atomic E-state index is -0.475. The van der Waals surface area contributed by atoms with E-state index in [0.717, 1.165) is 24.2 Å². The molecule has 2 aromatic carbocycles. The molecule has 5 nitrogen and oxygen atoms in total. The van der Waals surface area contributed by atoms with E-state index in [1.807, 2.05) is 12.1 Å². The van der Waals surface area contributed by atoms with Crippen molar-refractivity contribution in [1.82, 2.24) is 0 Å². The Morgan fingerprint density at radius 3 is 2.04 bits per heavy atom. The quantitative estimate of drug-likeness (QED) is 0.752. The molecule has 0 bridgehead atoms. The zero-order valence-electron chi connectivity index (χ0n) is 13.9. The van der Waals surface area contributed by atoms with Crippen molar-refractivity contribution in [3.05, 3.63) is 54.3 Å². The lowest BCUT2D eigenvalue weighted by molar-refractivity contribution is -0.117. The van der Waals surface area contributed by atoms with E-state index >= 15 is 0 Å². The fraction of sp³-hybridized carbons (Fsp3) is 0.263. The number of anilines is 3. The summed E-state index contributed by atoms with van der Waals surface area (Å²) in [5, 5.41) is 8.68. The van der Waals surface area contributed by atoms with Gasteiger partial charge in [0.15, 0.2) is 0 Å². The maximum Gasteiger partial charge on any atom is 0.246 e. The molecule has 3 N–H and O–H groups in total. The summed E-state index contributed by atoms with van der Waals surface area (Å²) in [6.45, 7) is 1.74. The SMILES string of the molecule is C[C@@H](Nc1ccc(NC(=O)C2CC2)cc1)C(=O)Nc1ccc(F)cc1. The maximum atomic E-state index is 12.9. The molecule has 0 aromatic heterocycles. The molecule has 1 atom stereocenters. The molecular formula is C19H20FN3O2. The van der Waals surface area contributed by atoms with E-state index in [1.54, 1.807) is 19.1 Å². The summed E-state index contributed by atoms with van der Waals surface area (Å²) in [5.74, 6) is -0.350. The van der Waals surface area contributed by atoms with E-state index in [9.17, 15) is 14.0 Å². The first-order chi connectivity index (χ1) is 12.0. The average molecular weight is 341 g/mol. The second kappa shape index (κ2) is 7.34. The smallest absolute Gasteiger partial charge is 0.246 e. The Morgan fingerprint density at radius 1 is 0.920 bits per heavy atom. The molecule has 6 heteroatoms. The molecule has 0 heterocycles. The zero-order valence-corrected chi connectivity index (χ0v) is 13.9. The van der Waals surface area contributed by atoms with Crippen molar-refractivity contribution in [2.45, 2.75) is 25.8 Å². The molecule has 0 aliphatic heterocycles. The molecule has 0 spiro atoms. The van der Waals surface area contributed by atoms with Gasteiger partial charge < -0.3 is 16.0 Å². The summed E-state index contributed by atoms with van der Waals surface area (Å²) in [6, 6.07) is 12.4. The van der Waals surface area contributed by atoms with Gasteiger partial charge >= 0.3 is 0 Å². The van der Waals surface area contributed by atoms with Crippen LogP contribution in [0.5, 0.6) is 0 Å². The molecule has 0 saturated heterocycles. The molecule has 1 aliphatic carbocycles. The van der Waals surface area contributed by atoms with Gasteiger partial charge in [0.2, 0.25) is 11.8 Å². The number of halogens is 1. The van der Waals surface area contributed by atoms with Gasteiger partial charge in [-0.05, 0) is 68.3 Å². The number of amides is 2. The highest BCUT2D eigenvalue weighted by molar-refractivity contribution is 5.96. The average Bonchev–Trinajstić information content (AvgIpc) is 3.43. The normalized spacial score (nSPS) is 14.5. The highest BCUT2D eigenvalue weighted by Crippen LogP contribution is 2.30. The van der Waals surface area contributed by atoms with E-state index in [4.69, 9.17) is 0 Å². The van der Waals surface area contributed by atoms with E-state index in [-0.39, 0.29) is 23.5 Å². The van der Waals surface area contributed by atoms with Gasteiger partial charge in [-0.15, -0.1) is 0 Å². The van der Waals surface area contributed by atoms with Gasteiger partial charge in [-0.3, -0.25) is 9.59 Å². The minimum Gasteiger partial charge on any atom is -0.374 e. The van der Waals surface area contributed by atoms with Gasteiger partial charge in [0, 0.05) is 23.0 Å². The van der Waals surface area contributed by atoms with Gasteiger partial charge in [0.1, 0.15) is 11.9 Å². The van der Waals surface area contributed by atoms with Crippen LogP contribution in [0.25, 0.3) is 0 Å². The molecule has 0 unspecified atom stereocenters. The van der Waals surface area contributed by atoms with E-state index in [2.05, 4.69) is 16.0 Å². The van der Waals surface area contributed by atoms with E-state index in [1.165, 1.54) is 24.3 Å². The predicted octanol–water partition coefficient (Wildman–Crippen LogP) is 3.61. The highest BCUT2D eigenvalue weighted by Gasteiger charge is 2.29. The lowest BCUT2D eigenvalue weighted by Gasteiger charge is -2.16. The van der Waals surface area contributed by atoms with Crippen molar-refractivity contribution < 1.29 is 14.0 Å². The summed E-state index contributed by atoms with van der Waals surface area (Å²) in [7, 11) is 0. The van der Waals surface area contributed by atoms with Gasteiger partial charge in [0.05, 0.1) is 0 Å². The van der Waals surface area contributed by atoms with Gasteiger partial charge in [-0.25, -0.2) is 4.39 Å².